The van der Waals surface area contributed by atoms with Crippen LogP contribution in [0.5, 0.6) is 5.75 Å². The first-order valence-corrected chi connectivity index (χ1v) is 8.81. The van der Waals surface area contributed by atoms with E-state index in [0.717, 1.165) is 31.5 Å². The van der Waals surface area contributed by atoms with Crippen LogP contribution in [0.25, 0.3) is 0 Å². The van der Waals surface area contributed by atoms with Crippen LogP contribution in [-0.2, 0) is 0 Å². The summed E-state index contributed by atoms with van der Waals surface area (Å²) in [5, 5.41) is 6.10. The van der Waals surface area contributed by atoms with Crippen molar-refractivity contribution in [2.75, 3.05) is 25.5 Å². The topological polar surface area (TPSA) is 80.6 Å². The lowest BCUT2D eigenvalue weighted by Crippen LogP contribution is -2.30. The Balaban J connectivity index is 1.84. The highest BCUT2D eigenvalue weighted by Gasteiger charge is 2.22. The fourth-order valence-electron chi connectivity index (χ4n) is 3.29. The van der Waals surface area contributed by atoms with Gasteiger partial charge in [0.15, 0.2) is 0 Å². The average Bonchev–Trinajstić information content (AvgIpc) is 2.63. The Bertz CT molecular complexity index is 867. The van der Waals surface area contributed by atoms with Crippen LogP contribution in [0.3, 0.4) is 0 Å². The van der Waals surface area contributed by atoms with E-state index in [4.69, 9.17) is 9.15 Å². The molecule has 1 fully saturated rings. The molecule has 3 rings (SSSR count). The van der Waals surface area contributed by atoms with Gasteiger partial charge in [-0.25, -0.2) is 4.79 Å². The van der Waals surface area contributed by atoms with Gasteiger partial charge < -0.3 is 19.8 Å². The predicted molar refractivity (Wildman–Crippen MR) is 100 cm³/mol. The molecule has 1 aromatic carbocycles. The third-order valence-corrected chi connectivity index (χ3v) is 4.78. The minimum atomic E-state index is -0.589. The number of carbonyl (C=O) groups is 1. The van der Waals surface area contributed by atoms with Gasteiger partial charge in [-0.1, -0.05) is 0 Å². The number of hydrogen-bond acceptors (Lipinski definition) is 5. The Labute approximate surface area is 152 Å². The van der Waals surface area contributed by atoms with Gasteiger partial charge in [-0.3, -0.25) is 4.79 Å². The number of piperidine rings is 1. The predicted octanol–water partition coefficient (Wildman–Crippen LogP) is 2.98. The van der Waals surface area contributed by atoms with Crippen LogP contribution in [0.1, 0.15) is 46.0 Å². The van der Waals surface area contributed by atoms with Crippen LogP contribution in [0, 0.1) is 13.8 Å². The minimum absolute atomic E-state index is 0.0488. The van der Waals surface area contributed by atoms with E-state index < -0.39 is 11.5 Å². The molecule has 6 heteroatoms. The molecule has 26 heavy (non-hydrogen) atoms. The van der Waals surface area contributed by atoms with E-state index in [1.165, 1.54) is 0 Å². The van der Waals surface area contributed by atoms with Gasteiger partial charge in [0.1, 0.15) is 17.1 Å². The zero-order valence-corrected chi connectivity index (χ0v) is 15.3. The molecule has 2 N–H and O–H groups in total. The highest BCUT2D eigenvalue weighted by Crippen LogP contribution is 2.25. The smallest absolute Gasteiger partial charge is 0.349 e. The van der Waals surface area contributed by atoms with Gasteiger partial charge in [0.05, 0.1) is 7.11 Å². The quantitative estimate of drug-likeness (QED) is 0.880. The van der Waals surface area contributed by atoms with Gasteiger partial charge >= 0.3 is 5.63 Å². The normalized spacial score (nSPS) is 17.0. The Morgan fingerprint density at radius 3 is 2.69 bits per heavy atom. The average molecular weight is 356 g/mol. The summed E-state index contributed by atoms with van der Waals surface area (Å²) in [6.45, 7) is 5.42. The van der Waals surface area contributed by atoms with Crippen molar-refractivity contribution in [2.24, 2.45) is 0 Å². The Morgan fingerprint density at radius 1 is 1.27 bits per heavy atom. The monoisotopic (exact) mass is 356 g/mol. The van der Waals surface area contributed by atoms with Crippen LogP contribution in [0.4, 0.5) is 5.69 Å². The molecule has 1 saturated heterocycles. The van der Waals surface area contributed by atoms with Crippen molar-refractivity contribution in [3.05, 3.63) is 57.1 Å². The van der Waals surface area contributed by atoms with Gasteiger partial charge in [0, 0.05) is 18.2 Å². The molecule has 0 radical (unpaired) electrons. The number of nitrogens with one attached hydrogen (secondary N) is 2. The third kappa shape index (κ3) is 3.80. The van der Waals surface area contributed by atoms with Crippen LogP contribution in [0.15, 0.2) is 33.5 Å². The Kier molecular flexibility index (Phi) is 5.42. The molecule has 6 nitrogen and oxygen atoms in total. The van der Waals surface area contributed by atoms with Crippen molar-refractivity contribution in [2.45, 2.75) is 32.6 Å². The largest absolute Gasteiger partial charge is 0.497 e. The van der Waals surface area contributed by atoms with Crippen molar-refractivity contribution in [1.82, 2.24) is 5.32 Å². The lowest BCUT2D eigenvalue weighted by atomic mass is 9.95. The molecule has 138 valence electrons. The summed E-state index contributed by atoms with van der Waals surface area (Å²) in [4.78, 5) is 25.1. The van der Waals surface area contributed by atoms with Gasteiger partial charge in [-0.2, -0.15) is 0 Å². The van der Waals surface area contributed by atoms with Gasteiger partial charge in [-0.05, 0) is 68.6 Å². The number of rotatable bonds is 4. The second-order valence-electron chi connectivity index (χ2n) is 6.67. The van der Waals surface area contributed by atoms with Crippen LogP contribution in [0.2, 0.25) is 0 Å². The molecule has 0 saturated carbocycles. The molecule has 1 aliphatic heterocycles. The van der Waals surface area contributed by atoms with Gasteiger partial charge in [0.2, 0.25) is 0 Å². The number of amides is 1. The zero-order chi connectivity index (χ0) is 18.7. The van der Waals surface area contributed by atoms with Crippen molar-refractivity contribution >= 4 is 11.6 Å². The summed E-state index contributed by atoms with van der Waals surface area (Å²) >= 11 is 0. The highest BCUT2D eigenvalue weighted by atomic mass is 16.5. The number of benzene rings is 1. The molecule has 2 heterocycles. The second kappa shape index (κ2) is 7.74. The van der Waals surface area contributed by atoms with Crippen molar-refractivity contribution in [3.8, 4) is 5.75 Å². The Hall–Kier alpha value is -2.60. The van der Waals surface area contributed by atoms with Gasteiger partial charge in [-0.15, -0.1) is 0 Å². The minimum Gasteiger partial charge on any atom is -0.497 e. The zero-order valence-electron chi connectivity index (χ0n) is 15.3. The maximum Gasteiger partial charge on any atom is 0.349 e. The molecule has 0 spiro atoms. The Morgan fingerprint density at radius 2 is 2.08 bits per heavy atom. The molecule has 1 amide bonds. The molecule has 1 unspecified atom stereocenters. The molecule has 1 aromatic heterocycles. The number of ether oxygens (including phenoxy) is 1. The lowest BCUT2D eigenvalue weighted by Gasteiger charge is -2.22. The molecule has 1 atom stereocenters. The number of aryl methyl sites for hydroxylation is 2. The van der Waals surface area contributed by atoms with E-state index in [1.54, 1.807) is 26.2 Å². The third-order valence-electron chi connectivity index (χ3n) is 4.78. The maximum absolute atomic E-state index is 12.6. The maximum atomic E-state index is 12.6. The van der Waals surface area contributed by atoms with Crippen LogP contribution >= 0.6 is 0 Å². The first-order valence-electron chi connectivity index (χ1n) is 8.81. The van der Waals surface area contributed by atoms with Crippen molar-refractivity contribution in [3.63, 3.8) is 0 Å². The van der Waals surface area contributed by atoms with Gasteiger partial charge in [0.25, 0.3) is 5.91 Å². The van der Waals surface area contributed by atoms with E-state index in [1.807, 2.05) is 19.1 Å². The first-order chi connectivity index (χ1) is 12.5. The molecular formula is C20H24N2O4. The number of anilines is 1. The molecular weight excluding hydrogens is 332 g/mol. The van der Waals surface area contributed by atoms with Crippen molar-refractivity contribution in [1.29, 1.82) is 0 Å². The summed E-state index contributed by atoms with van der Waals surface area (Å²) < 4.78 is 10.6. The van der Waals surface area contributed by atoms with Crippen molar-refractivity contribution < 1.29 is 13.9 Å². The number of hydrogen-bond donors (Lipinski definition) is 2. The lowest BCUT2D eigenvalue weighted by molar-refractivity contribution is 0.102. The first kappa shape index (κ1) is 18.2. The summed E-state index contributed by atoms with van der Waals surface area (Å²) in [6.07, 6.45) is 2.03. The highest BCUT2D eigenvalue weighted by molar-refractivity contribution is 6.05. The molecule has 2 aromatic rings. The van der Waals surface area contributed by atoms with E-state index in [0.29, 0.717) is 22.8 Å². The summed E-state index contributed by atoms with van der Waals surface area (Å²) in [6, 6.07) is 7.15. The van der Waals surface area contributed by atoms with E-state index >= 15 is 0 Å². The molecule has 1 aliphatic rings. The summed E-state index contributed by atoms with van der Waals surface area (Å²) in [7, 11) is 1.59. The fourth-order valence-corrected chi connectivity index (χ4v) is 3.29. The summed E-state index contributed by atoms with van der Waals surface area (Å²) in [5.74, 6) is 1.08. The molecule has 0 aliphatic carbocycles. The second-order valence-corrected chi connectivity index (χ2v) is 6.67. The number of carbonyl (C=O) groups excluding carboxylic acids is 1. The van der Waals surface area contributed by atoms with Crippen LogP contribution in [-0.4, -0.2) is 26.1 Å². The van der Waals surface area contributed by atoms with E-state index in [9.17, 15) is 9.59 Å². The van der Waals surface area contributed by atoms with E-state index in [2.05, 4.69) is 10.6 Å². The number of methoxy groups -OCH3 is 1. The molecule has 0 bridgehead atoms. The standard InChI is InChI=1S/C20H24N2O4/c1-12-9-15(25-3)6-7-16(12)22-19(23)18-13(2)10-17(26-20(18)24)14-5-4-8-21-11-14/h6-7,9-10,14,21H,4-5,8,11H2,1-3H3,(H,22,23). The van der Waals surface area contributed by atoms with Crippen LogP contribution < -0.4 is 21.0 Å². The van der Waals surface area contributed by atoms with E-state index in [-0.39, 0.29) is 11.5 Å². The SMILES string of the molecule is COc1ccc(NC(=O)c2c(C)cc(C3CCCNC3)oc2=O)c(C)c1. The fraction of sp³-hybridized carbons (Fsp3) is 0.400. The summed E-state index contributed by atoms with van der Waals surface area (Å²) in [5.41, 5.74) is 1.58.